The Kier molecular flexibility index (Phi) is 4.36. The second-order valence-corrected chi connectivity index (χ2v) is 7.00. The van der Waals surface area contributed by atoms with Crippen molar-refractivity contribution in [1.29, 1.82) is 0 Å². The predicted molar refractivity (Wildman–Crippen MR) is 95.9 cm³/mol. The number of anilines is 2. The van der Waals surface area contributed by atoms with E-state index < -0.39 is 0 Å². The number of benzene rings is 1. The molecule has 1 aromatic heterocycles. The first kappa shape index (κ1) is 16.3. The second kappa shape index (κ2) is 6.15. The van der Waals surface area contributed by atoms with Crippen molar-refractivity contribution in [2.24, 2.45) is 5.73 Å². The first-order chi connectivity index (χ1) is 10.9. The molecule has 3 rings (SSSR count). The summed E-state index contributed by atoms with van der Waals surface area (Å²) in [4.78, 5) is 11.0. The molecule has 122 valence electrons. The summed E-state index contributed by atoms with van der Waals surface area (Å²) in [5, 5.41) is 0.931. The predicted octanol–water partition coefficient (Wildman–Crippen LogP) is 3.35. The molecule has 1 aliphatic rings. The van der Waals surface area contributed by atoms with Crippen molar-refractivity contribution in [2.45, 2.75) is 25.3 Å². The average Bonchev–Trinajstić information content (AvgIpc) is 2.50. The van der Waals surface area contributed by atoms with E-state index in [1.807, 2.05) is 12.1 Å². The molecular weight excluding hydrogens is 333 g/mol. The van der Waals surface area contributed by atoms with E-state index in [2.05, 4.69) is 21.8 Å². The third kappa shape index (κ3) is 3.37. The van der Waals surface area contributed by atoms with Crippen LogP contribution in [-0.4, -0.2) is 28.6 Å². The molecule has 0 unspecified atom stereocenters. The molecule has 0 radical (unpaired) electrons. The third-order valence-electron chi connectivity index (χ3n) is 4.24. The van der Waals surface area contributed by atoms with Gasteiger partial charge in [-0.2, -0.15) is 4.98 Å². The van der Waals surface area contributed by atoms with Gasteiger partial charge in [-0.25, -0.2) is 4.98 Å². The number of piperidine rings is 1. The van der Waals surface area contributed by atoms with E-state index in [4.69, 9.17) is 34.7 Å². The number of nitrogen functional groups attached to an aromatic ring is 1. The highest BCUT2D eigenvalue weighted by Gasteiger charge is 2.27. The summed E-state index contributed by atoms with van der Waals surface area (Å²) in [6.45, 7) is 3.72. The lowest BCUT2D eigenvalue weighted by atomic mass is 9.91. The topological polar surface area (TPSA) is 81.1 Å². The molecule has 0 saturated carbocycles. The fraction of sp³-hybridized carbons (Fsp3) is 0.375. The maximum absolute atomic E-state index is 6.25. The molecule has 2 heterocycles. The van der Waals surface area contributed by atoms with Gasteiger partial charge in [0.15, 0.2) is 0 Å². The monoisotopic (exact) mass is 351 g/mol. The lowest BCUT2D eigenvalue weighted by molar-refractivity contribution is 0.362. The van der Waals surface area contributed by atoms with Crippen molar-refractivity contribution in [2.75, 3.05) is 23.7 Å². The molecular formula is C16H19Cl2N5. The smallest absolute Gasteiger partial charge is 0.227 e. The molecule has 1 aliphatic heterocycles. The van der Waals surface area contributed by atoms with E-state index in [0.29, 0.717) is 27.4 Å². The lowest BCUT2D eigenvalue weighted by Gasteiger charge is -2.36. The van der Waals surface area contributed by atoms with Gasteiger partial charge in [0.1, 0.15) is 5.82 Å². The van der Waals surface area contributed by atoms with Gasteiger partial charge in [-0.3, -0.25) is 0 Å². The van der Waals surface area contributed by atoms with Gasteiger partial charge in [0, 0.05) is 36.0 Å². The highest BCUT2D eigenvalue weighted by molar-refractivity contribution is 6.43. The maximum atomic E-state index is 6.25. The van der Waals surface area contributed by atoms with Crippen LogP contribution in [0.15, 0.2) is 24.4 Å². The molecule has 0 aliphatic carbocycles. The number of halogens is 2. The minimum Gasteiger partial charge on any atom is -0.383 e. The highest BCUT2D eigenvalue weighted by Crippen LogP contribution is 2.36. The molecule has 0 spiro atoms. The van der Waals surface area contributed by atoms with Crippen molar-refractivity contribution in [1.82, 2.24) is 9.97 Å². The van der Waals surface area contributed by atoms with E-state index >= 15 is 0 Å². The van der Waals surface area contributed by atoms with Gasteiger partial charge in [-0.1, -0.05) is 35.3 Å². The zero-order valence-corrected chi connectivity index (χ0v) is 14.4. The Balaban J connectivity index is 1.88. The fourth-order valence-corrected chi connectivity index (χ4v) is 3.08. The van der Waals surface area contributed by atoms with Crippen LogP contribution in [0.1, 0.15) is 19.8 Å². The molecule has 5 nitrogen and oxygen atoms in total. The number of hydrogen-bond acceptors (Lipinski definition) is 5. The Hall–Kier alpha value is -1.56. The van der Waals surface area contributed by atoms with Crippen LogP contribution >= 0.6 is 23.2 Å². The van der Waals surface area contributed by atoms with E-state index in [0.717, 1.165) is 31.5 Å². The molecule has 23 heavy (non-hydrogen) atoms. The van der Waals surface area contributed by atoms with Crippen molar-refractivity contribution in [3.63, 3.8) is 0 Å². The quantitative estimate of drug-likeness (QED) is 0.866. The van der Waals surface area contributed by atoms with Gasteiger partial charge in [-0.15, -0.1) is 0 Å². The number of rotatable bonds is 2. The Bertz CT molecular complexity index is 722. The molecule has 1 fully saturated rings. The van der Waals surface area contributed by atoms with Crippen LogP contribution in [-0.2, 0) is 0 Å². The van der Waals surface area contributed by atoms with E-state index in [9.17, 15) is 0 Å². The van der Waals surface area contributed by atoms with Crippen molar-refractivity contribution < 1.29 is 0 Å². The van der Waals surface area contributed by atoms with E-state index in [1.165, 1.54) is 0 Å². The summed E-state index contributed by atoms with van der Waals surface area (Å²) < 4.78 is 0. The van der Waals surface area contributed by atoms with Crippen LogP contribution in [0.4, 0.5) is 11.8 Å². The van der Waals surface area contributed by atoms with Crippen molar-refractivity contribution in [3.05, 3.63) is 34.4 Å². The Labute approximate surface area is 145 Å². The van der Waals surface area contributed by atoms with Gasteiger partial charge in [0.2, 0.25) is 5.95 Å². The molecule has 4 N–H and O–H groups in total. The van der Waals surface area contributed by atoms with Crippen molar-refractivity contribution in [3.8, 4) is 11.1 Å². The van der Waals surface area contributed by atoms with Gasteiger partial charge < -0.3 is 16.4 Å². The summed E-state index contributed by atoms with van der Waals surface area (Å²) in [6.07, 6.45) is 3.50. The number of nitrogens with two attached hydrogens (primary N) is 2. The molecule has 0 atom stereocenters. The van der Waals surface area contributed by atoms with E-state index in [-0.39, 0.29) is 5.54 Å². The molecule has 0 amide bonds. The van der Waals surface area contributed by atoms with Gasteiger partial charge in [-0.05, 0) is 25.8 Å². The highest BCUT2D eigenvalue weighted by atomic mass is 35.5. The Morgan fingerprint density at radius 3 is 2.52 bits per heavy atom. The van der Waals surface area contributed by atoms with Crippen LogP contribution in [0.3, 0.4) is 0 Å². The minimum absolute atomic E-state index is 0.115. The van der Waals surface area contributed by atoms with Crippen molar-refractivity contribution >= 4 is 35.0 Å². The molecule has 1 aromatic carbocycles. The fourth-order valence-electron chi connectivity index (χ4n) is 2.67. The number of aromatic nitrogens is 2. The lowest BCUT2D eigenvalue weighted by Crippen LogP contribution is -2.48. The Morgan fingerprint density at radius 1 is 1.17 bits per heavy atom. The van der Waals surface area contributed by atoms with Gasteiger partial charge in [0.05, 0.1) is 10.0 Å². The first-order valence-electron chi connectivity index (χ1n) is 7.48. The minimum atomic E-state index is -0.115. The SMILES string of the molecule is CC1(N)CCN(c2ncc(-c3cccc(Cl)c3Cl)c(N)n2)CC1. The normalized spacial score (nSPS) is 17.3. The number of nitrogens with zero attached hydrogens (tertiary/aromatic N) is 3. The third-order valence-corrected chi connectivity index (χ3v) is 5.05. The summed E-state index contributed by atoms with van der Waals surface area (Å²) in [7, 11) is 0. The molecule has 2 aromatic rings. The second-order valence-electron chi connectivity index (χ2n) is 6.21. The zero-order valence-electron chi connectivity index (χ0n) is 12.9. The number of hydrogen-bond donors (Lipinski definition) is 2. The largest absolute Gasteiger partial charge is 0.383 e. The van der Waals surface area contributed by atoms with Gasteiger partial charge >= 0.3 is 0 Å². The van der Waals surface area contributed by atoms with E-state index in [1.54, 1.807) is 12.3 Å². The zero-order chi connectivity index (χ0) is 16.6. The van der Waals surface area contributed by atoms with Crippen LogP contribution < -0.4 is 16.4 Å². The molecule has 7 heteroatoms. The van der Waals surface area contributed by atoms with Crippen LogP contribution in [0.25, 0.3) is 11.1 Å². The first-order valence-corrected chi connectivity index (χ1v) is 8.24. The summed E-state index contributed by atoms with van der Waals surface area (Å²) >= 11 is 12.3. The van der Waals surface area contributed by atoms with Crippen LogP contribution in [0, 0.1) is 0 Å². The van der Waals surface area contributed by atoms with Crippen LogP contribution in [0.5, 0.6) is 0 Å². The summed E-state index contributed by atoms with van der Waals surface area (Å²) in [5.74, 6) is 1.01. The maximum Gasteiger partial charge on any atom is 0.227 e. The molecule has 0 bridgehead atoms. The standard InChI is InChI=1S/C16H19Cl2N5/c1-16(20)5-7-23(8-6-16)15-21-9-11(14(19)22-15)10-3-2-4-12(17)13(10)18/h2-4,9H,5-8,20H2,1H3,(H2,19,21,22). The summed E-state index contributed by atoms with van der Waals surface area (Å²) in [5.41, 5.74) is 13.6. The van der Waals surface area contributed by atoms with Crippen LogP contribution in [0.2, 0.25) is 10.0 Å². The molecule has 1 saturated heterocycles. The Morgan fingerprint density at radius 2 is 1.87 bits per heavy atom. The summed E-state index contributed by atoms with van der Waals surface area (Å²) in [6, 6.07) is 5.41. The van der Waals surface area contributed by atoms with Gasteiger partial charge in [0.25, 0.3) is 0 Å². The average molecular weight is 352 g/mol.